The van der Waals surface area contributed by atoms with Gasteiger partial charge in [0, 0.05) is 12.8 Å². The second-order valence-electron chi connectivity index (χ2n) is 19.9. The molecule has 0 aromatic rings. The molecule has 0 heterocycles. The number of nitrogens with zero attached hydrogens (tertiary/aromatic N) is 1. The molecule has 2 unspecified atom stereocenters. The van der Waals surface area contributed by atoms with Gasteiger partial charge < -0.3 is 27.9 Å². The van der Waals surface area contributed by atoms with Gasteiger partial charge in [0.2, 0.25) is 0 Å². The predicted molar refractivity (Wildman–Crippen MR) is 314 cm³/mol. The molecular formula is C64H106NO8P. The van der Waals surface area contributed by atoms with Crippen LogP contribution in [0.25, 0.3) is 0 Å². The van der Waals surface area contributed by atoms with E-state index in [9.17, 15) is 19.0 Å². The van der Waals surface area contributed by atoms with Crippen LogP contribution in [0.1, 0.15) is 206 Å². The summed E-state index contributed by atoms with van der Waals surface area (Å²) < 4.78 is 34.1. The molecule has 0 rings (SSSR count). The smallest absolute Gasteiger partial charge is 0.306 e. The Morgan fingerprint density at radius 3 is 1.08 bits per heavy atom. The fourth-order valence-corrected chi connectivity index (χ4v) is 8.00. The van der Waals surface area contributed by atoms with Gasteiger partial charge in [0.05, 0.1) is 27.7 Å². The van der Waals surface area contributed by atoms with Crippen molar-refractivity contribution in [3.63, 3.8) is 0 Å². The van der Waals surface area contributed by atoms with Crippen molar-refractivity contribution in [2.45, 2.75) is 213 Å². The summed E-state index contributed by atoms with van der Waals surface area (Å²) in [6.07, 6.45) is 77.9. The quantitative estimate of drug-likeness (QED) is 0.0195. The zero-order valence-electron chi connectivity index (χ0n) is 47.5. The van der Waals surface area contributed by atoms with E-state index in [1.165, 1.54) is 38.5 Å². The Hall–Kier alpha value is -3.85. The molecule has 0 aromatic heterocycles. The first-order valence-electron chi connectivity index (χ1n) is 28.9. The first kappa shape index (κ1) is 70.1. The number of phosphoric acid groups is 1. The number of allylic oxidation sites excluding steroid dienone is 22. The van der Waals surface area contributed by atoms with Gasteiger partial charge in [-0.2, -0.15) is 0 Å². The summed E-state index contributed by atoms with van der Waals surface area (Å²) in [6.45, 7) is 3.96. The molecule has 0 fully saturated rings. The zero-order chi connectivity index (χ0) is 54.2. The van der Waals surface area contributed by atoms with E-state index in [-0.39, 0.29) is 26.1 Å². The molecule has 420 valence electrons. The number of carbonyl (C=O) groups is 2. The van der Waals surface area contributed by atoms with Crippen molar-refractivity contribution in [1.29, 1.82) is 0 Å². The van der Waals surface area contributed by atoms with Crippen molar-refractivity contribution in [2.75, 3.05) is 47.5 Å². The van der Waals surface area contributed by atoms with E-state index in [0.29, 0.717) is 23.9 Å². The number of ether oxygens (including phenoxy) is 2. The lowest BCUT2D eigenvalue weighted by Gasteiger charge is -2.28. The zero-order valence-corrected chi connectivity index (χ0v) is 48.4. The molecule has 0 saturated heterocycles. The van der Waals surface area contributed by atoms with Crippen molar-refractivity contribution in [2.24, 2.45) is 0 Å². The third-order valence-electron chi connectivity index (χ3n) is 11.7. The van der Waals surface area contributed by atoms with E-state index >= 15 is 0 Å². The number of unbranched alkanes of at least 4 members (excludes halogenated alkanes) is 15. The Morgan fingerprint density at radius 2 is 0.730 bits per heavy atom. The molecule has 0 aliphatic carbocycles. The second kappa shape index (κ2) is 54.0. The SMILES string of the molecule is CC/C=C\C/C=C\C/C=C\C/C=C\C/C=C\C/C=C\C/C=C\C/C=C\CCCCCCCCCCCCC(=O)OC(COC(=O)CCCCCCC/C=C\C/C=C\C/C=C\CC)COP(=O)([O-])OCC[N+](C)(C)C. The van der Waals surface area contributed by atoms with Crippen LogP contribution >= 0.6 is 7.82 Å². The van der Waals surface area contributed by atoms with Gasteiger partial charge in [-0.1, -0.05) is 218 Å². The molecule has 0 N–H and O–H groups in total. The third kappa shape index (κ3) is 57.4. The van der Waals surface area contributed by atoms with Crippen LogP contribution in [-0.2, 0) is 32.7 Å². The summed E-state index contributed by atoms with van der Waals surface area (Å²) in [5, 5.41) is 0. The van der Waals surface area contributed by atoms with Crippen LogP contribution in [0.3, 0.4) is 0 Å². The molecule has 9 nitrogen and oxygen atoms in total. The Morgan fingerprint density at radius 1 is 0.419 bits per heavy atom. The molecule has 0 aliphatic rings. The first-order valence-corrected chi connectivity index (χ1v) is 30.4. The molecule has 0 bridgehead atoms. The van der Waals surface area contributed by atoms with Gasteiger partial charge in [-0.05, 0) is 109 Å². The molecule has 0 saturated carbocycles. The maximum Gasteiger partial charge on any atom is 0.306 e. The molecule has 0 aliphatic heterocycles. The first-order chi connectivity index (χ1) is 36.0. The minimum atomic E-state index is -4.65. The fraction of sp³-hybridized carbons (Fsp3) is 0.625. The summed E-state index contributed by atoms with van der Waals surface area (Å²) in [4.78, 5) is 37.8. The average Bonchev–Trinajstić information content (AvgIpc) is 3.36. The minimum Gasteiger partial charge on any atom is -0.756 e. The van der Waals surface area contributed by atoms with Crippen LogP contribution in [0.2, 0.25) is 0 Å². The summed E-state index contributed by atoms with van der Waals surface area (Å²) in [6, 6.07) is 0. The van der Waals surface area contributed by atoms with Crippen molar-refractivity contribution in [3.05, 3.63) is 134 Å². The predicted octanol–water partition coefficient (Wildman–Crippen LogP) is 17.5. The average molecular weight is 1050 g/mol. The molecule has 0 amide bonds. The van der Waals surface area contributed by atoms with Gasteiger partial charge in [0.15, 0.2) is 6.10 Å². The highest BCUT2D eigenvalue weighted by molar-refractivity contribution is 7.45. The van der Waals surface area contributed by atoms with Gasteiger partial charge >= 0.3 is 11.9 Å². The topological polar surface area (TPSA) is 111 Å². The van der Waals surface area contributed by atoms with Crippen LogP contribution in [0, 0.1) is 0 Å². The summed E-state index contributed by atoms with van der Waals surface area (Å²) in [7, 11) is 1.13. The highest BCUT2D eigenvalue weighted by Gasteiger charge is 2.21. The van der Waals surface area contributed by atoms with Gasteiger partial charge in [-0.25, -0.2) is 0 Å². The molecular weight excluding hydrogens is 942 g/mol. The van der Waals surface area contributed by atoms with Crippen LogP contribution in [0.5, 0.6) is 0 Å². The monoisotopic (exact) mass is 1050 g/mol. The number of likely N-dealkylation sites (N-methyl/N-ethyl adjacent to an activating group) is 1. The number of hydrogen-bond acceptors (Lipinski definition) is 8. The maximum absolute atomic E-state index is 12.8. The van der Waals surface area contributed by atoms with Crippen LogP contribution in [-0.4, -0.2) is 70.0 Å². The lowest BCUT2D eigenvalue weighted by molar-refractivity contribution is -0.870. The van der Waals surface area contributed by atoms with E-state index in [4.69, 9.17) is 18.5 Å². The Balaban J connectivity index is 4.16. The lowest BCUT2D eigenvalue weighted by Crippen LogP contribution is -2.37. The number of rotatable bonds is 51. The number of phosphoric ester groups is 1. The van der Waals surface area contributed by atoms with E-state index < -0.39 is 32.5 Å². The number of esters is 2. The highest BCUT2D eigenvalue weighted by Crippen LogP contribution is 2.38. The lowest BCUT2D eigenvalue weighted by atomic mass is 10.0. The molecule has 0 aromatic carbocycles. The Bertz CT molecular complexity index is 1710. The number of hydrogen-bond donors (Lipinski definition) is 0. The fourth-order valence-electron chi connectivity index (χ4n) is 7.27. The Labute approximate surface area is 453 Å². The largest absolute Gasteiger partial charge is 0.756 e. The number of carbonyl (C=O) groups excluding carboxylic acids is 2. The van der Waals surface area contributed by atoms with Crippen molar-refractivity contribution < 1.29 is 42.1 Å². The summed E-state index contributed by atoms with van der Waals surface area (Å²) in [5.41, 5.74) is 0. The van der Waals surface area contributed by atoms with Crippen LogP contribution < -0.4 is 4.89 Å². The maximum atomic E-state index is 12.8. The number of quaternary nitrogens is 1. The van der Waals surface area contributed by atoms with Crippen molar-refractivity contribution in [3.8, 4) is 0 Å². The van der Waals surface area contributed by atoms with E-state index in [0.717, 1.165) is 128 Å². The van der Waals surface area contributed by atoms with Crippen LogP contribution in [0.4, 0.5) is 0 Å². The van der Waals surface area contributed by atoms with E-state index in [1.54, 1.807) is 0 Å². The van der Waals surface area contributed by atoms with Gasteiger partial charge in [-0.15, -0.1) is 0 Å². The van der Waals surface area contributed by atoms with E-state index in [1.807, 2.05) is 21.1 Å². The highest BCUT2D eigenvalue weighted by atomic mass is 31.2. The van der Waals surface area contributed by atoms with Crippen molar-refractivity contribution >= 4 is 19.8 Å². The molecule has 10 heteroatoms. The summed E-state index contributed by atoms with van der Waals surface area (Å²) >= 11 is 0. The summed E-state index contributed by atoms with van der Waals surface area (Å²) in [5.74, 6) is -0.868. The Kier molecular flexibility index (Phi) is 51.2. The van der Waals surface area contributed by atoms with Crippen molar-refractivity contribution in [1.82, 2.24) is 0 Å². The van der Waals surface area contributed by atoms with Gasteiger partial charge in [0.25, 0.3) is 7.82 Å². The van der Waals surface area contributed by atoms with Gasteiger partial charge in [-0.3, -0.25) is 14.2 Å². The van der Waals surface area contributed by atoms with E-state index in [2.05, 4.69) is 148 Å². The molecule has 0 radical (unpaired) electrons. The normalized spacial score (nSPS) is 14.3. The third-order valence-corrected chi connectivity index (χ3v) is 12.6. The molecule has 74 heavy (non-hydrogen) atoms. The molecule has 0 spiro atoms. The van der Waals surface area contributed by atoms with Gasteiger partial charge in [0.1, 0.15) is 19.8 Å². The second-order valence-corrected chi connectivity index (χ2v) is 21.3. The molecule has 2 atom stereocenters. The van der Waals surface area contributed by atoms with Crippen LogP contribution in [0.15, 0.2) is 134 Å². The minimum absolute atomic E-state index is 0.0416. The standard InChI is InChI=1S/C64H106NO8P/c1-6-8-10-12-14-16-18-20-22-23-24-25-26-27-28-29-30-31-32-33-34-35-36-37-38-39-40-41-43-45-47-49-51-53-55-57-64(67)73-62(61-72-74(68,69)71-59-58-65(3,4)5)60-70-63(66)56-54-52-50-48-46-44-42-21-19-17-15-13-11-9-7-2/h8-11,14-17,20-22,24-25,27-28,30-31,33-34,36-37,42,62H,6-7,12-13,18-19,23,26,29,32,35,38-41,43-61H2,1-5H3/b10-8-,11-9-,16-14-,17-15-,22-20-,25-24-,28-27-,31-30-,34-33-,37-36-,42-21-.